The Morgan fingerprint density at radius 3 is 2.71 bits per heavy atom. The Bertz CT molecular complexity index is 711. The van der Waals surface area contributed by atoms with Crippen LogP contribution in [0, 0.1) is 0 Å². The number of thiophene rings is 1. The zero-order valence-electron chi connectivity index (χ0n) is 12.2. The Kier molecular flexibility index (Phi) is 4.87. The summed E-state index contributed by atoms with van der Waals surface area (Å²) >= 11 is 1.27. The van der Waals surface area contributed by atoms with E-state index in [-0.39, 0.29) is 0 Å². The van der Waals surface area contributed by atoms with Crippen molar-refractivity contribution in [3.8, 4) is 5.75 Å². The number of rotatable bonds is 6. The van der Waals surface area contributed by atoms with Crippen molar-refractivity contribution in [2.75, 3.05) is 25.5 Å². The van der Waals surface area contributed by atoms with Gasteiger partial charge in [0.1, 0.15) is 9.96 Å². The molecule has 0 radical (unpaired) electrons. The molecule has 7 heteroatoms. The summed E-state index contributed by atoms with van der Waals surface area (Å²) in [6.07, 6.45) is 0. The Morgan fingerprint density at radius 1 is 1.29 bits per heavy atom. The van der Waals surface area contributed by atoms with Crippen LogP contribution in [0.2, 0.25) is 0 Å². The lowest BCUT2D eigenvalue weighted by Gasteiger charge is -2.18. The first-order valence-electron chi connectivity index (χ1n) is 6.35. The van der Waals surface area contributed by atoms with E-state index in [0.717, 1.165) is 4.88 Å². The molecule has 21 heavy (non-hydrogen) atoms. The summed E-state index contributed by atoms with van der Waals surface area (Å²) < 4.78 is 32.0. The highest BCUT2D eigenvalue weighted by Gasteiger charge is 2.23. The van der Waals surface area contributed by atoms with Gasteiger partial charge in [0.05, 0.1) is 12.8 Å². The van der Waals surface area contributed by atoms with E-state index in [1.54, 1.807) is 44.5 Å². The summed E-state index contributed by atoms with van der Waals surface area (Å²) in [5, 5.41) is 3.01. The lowest BCUT2D eigenvalue weighted by atomic mass is 10.3. The summed E-state index contributed by atoms with van der Waals surface area (Å²) in [5.41, 5.74) is 0.568. The van der Waals surface area contributed by atoms with Gasteiger partial charge in [0.15, 0.2) is 0 Å². The van der Waals surface area contributed by atoms with E-state index in [2.05, 4.69) is 5.32 Å². The van der Waals surface area contributed by atoms with Crippen LogP contribution in [0.15, 0.2) is 40.6 Å². The van der Waals surface area contributed by atoms with E-state index < -0.39 is 10.0 Å². The molecule has 0 saturated carbocycles. The molecule has 0 saturated heterocycles. The smallest absolute Gasteiger partial charge is 0.273 e. The molecule has 0 aliphatic carbocycles. The number of benzene rings is 1. The number of hydrogen-bond donors (Lipinski definition) is 1. The first-order chi connectivity index (χ1) is 9.98. The van der Waals surface area contributed by atoms with Crippen molar-refractivity contribution < 1.29 is 13.2 Å². The molecule has 1 aromatic heterocycles. The maximum atomic E-state index is 12.6. The van der Waals surface area contributed by atoms with Gasteiger partial charge < -0.3 is 10.1 Å². The van der Waals surface area contributed by atoms with Crippen LogP contribution in [0.4, 0.5) is 5.69 Å². The molecule has 0 spiro atoms. The highest BCUT2D eigenvalue weighted by molar-refractivity contribution is 7.94. The Balaban J connectivity index is 2.32. The van der Waals surface area contributed by atoms with Crippen LogP contribution < -0.4 is 14.4 Å². The van der Waals surface area contributed by atoms with E-state index in [1.807, 2.05) is 13.1 Å². The number of anilines is 1. The average molecular weight is 326 g/mol. The SMILES string of the molecule is CNCc1ccc(S(=O)(=O)N(C)c2cccc(OC)c2)s1. The molecule has 0 unspecified atom stereocenters. The lowest BCUT2D eigenvalue weighted by Crippen LogP contribution is -2.25. The minimum Gasteiger partial charge on any atom is -0.497 e. The van der Waals surface area contributed by atoms with Crippen LogP contribution in [-0.4, -0.2) is 29.6 Å². The number of nitrogens with one attached hydrogen (secondary N) is 1. The predicted molar refractivity (Wildman–Crippen MR) is 85.7 cm³/mol. The number of ether oxygens (including phenoxy) is 1. The molecule has 0 aliphatic heterocycles. The standard InChI is InChI=1S/C14H18N2O3S2/c1-15-10-13-7-8-14(20-13)21(17,18)16(2)11-5-4-6-12(9-11)19-3/h4-9,15H,10H2,1-3H3. The molecule has 0 aliphatic rings. The zero-order valence-corrected chi connectivity index (χ0v) is 13.8. The summed E-state index contributed by atoms with van der Waals surface area (Å²) in [4.78, 5) is 0.982. The van der Waals surface area contributed by atoms with Gasteiger partial charge in [-0.05, 0) is 31.3 Å². The van der Waals surface area contributed by atoms with Crippen molar-refractivity contribution in [1.29, 1.82) is 0 Å². The predicted octanol–water partition coefficient (Wildman–Crippen LogP) is 2.30. The second kappa shape index (κ2) is 6.46. The molecule has 0 bridgehead atoms. The third kappa shape index (κ3) is 3.37. The van der Waals surface area contributed by atoms with Gasteiger partial charge >= 0.3 is 0 Å². The van der Waals surface area contributed by atoms with Gasteiger partial charge in [-0.3, -0.25) is 4.31 Å². The normalized spacial score (nSPS) is 11.4. The Hall–Kier alpha value is -1.57. The fourth-order valence-electron chi connectivity index (χ4n) is 1.85. The van der Waals surface area contributed by atoms with Crippen LogP contribution in [0.25, 0.3) is 0 Å². The van der Waals surface area contributed by atoms with Crippen LogP contribution >= 0.6 is 11.3 Å². The van der Waals surface area contributed by atoms with Crippen molar-refractivity contribution in [3.63, 3.8) is 0 Å². The minimum absolute atomic E-state index is 0.332. The summed E-state index contributed by atoms with van der Waals surface area (Å²) in [6, 6.07) is 10.4. The summed E-state index contributed by atoms with van der Waals surface area (Å²) in [7, 11) is 1.38. The fraction of sp³-hybridized carbons (Fsp3) is 0.286. The fourth-order valence-corrected chi connectivity index (χ4v) is 4.57. The van der Waals surface area contributed by atoms with Gasteiger partial charge in [-0.2, -0.15) is 0 Å². The van der Waals surface area contributed by atoms with Gasteiger partial charge in [0.2, 0.25) is 0 Å². The molecule has 0 amide bonds. The Labute approximate surface area is 129 Å². The van der Waals surface area contributed by atoms with E-state index in [0.29, 0.717) is 22.2 Å². The molecular weight excluding hydrogens is 308 g/mol. The third-order valence-corrected chi connectivity index (χ3v) is 6.36. The molecule has 5 nitrogen and oxygen atoms in total. The maximum absolute atomic E-state index is 12.6. The monoisotopic (exact) mass is 326 g/mol. The van der Waals surface area contributed by atoms with Gasteiger partial charge in [0.25, 0.3) is 10.0 Å². The second-order valence-corrected chi connectivity index (χ2v) is 7.79. The van der Waals surface area contributed by atoms with Crippen molar-refractivity contribution in [2.24, 2.45) is 0 Å². The molecule has 1 aromatic carbocycles. The topological polar surface area (TPSA) is 58.6 Å². The Morgan fingerprint density at radius 2 is 2.05 bits per heavy atom. The molecule has 2 rings (SSSR count). The minimum atomic E-state index is -3.55. The molecule has 0 fully saturated rings. The average Bonchev–Trinajstić information content (AvgIpc) is 2.96. The summed E-state index contributed by atoms with van der Waals surface area (Å²) in [6.45, 7) is 0.656. The number of methoxy groups -OCH3 is 1. The van der Waals surface area contributed by atoms with Gasteiger partial charge in [0, 0.05) is 24.5 Å². The summed E-state index contributed by atoms with van der Waals surface area (Å²) in [5.74, 6) is 0.622. The zero-order chi connectivity index (χ0) is 15.5. The maximum Gasteiger partial charge on any atom is 0.273 e. The lowest BCUT2D eigenvalue weighted by molar-refractivity contribution is 0.415. The quantitative estimate of drug-likeness (QED) is 0.885. The first kappa shape index (κ1) is 15.8. The molecule has 114 valence electrons. The van der Waals surface area contributed by atoms with Crippen LogP contribution in [0.3, 0.4) is 0 Å². The second-order valence-electron chi connectivity index (χ2n) is 4.43. The van der Waals surface area contributed by atoms with Crippen molar-refractivity contribution in [2.45, 2.75) is 10.8 Å². The van der Waals surface area contributed by atoms with Crippen molar-refractivity contribution in [1.82, 2.24) is 5.32 Å². The van der Waals surface area contributed by atoms with E-state index in [4.69, 9.17) is 4.74 Å². The first-order valence-corrected chi connectivity index (χ1v) is 8.61. The third-order valence-electron chi connectivity index (χ3n) is 3.02. The molecule has 2 aromatic rings. The van der Waals surface area contributed by atoms with Crippen molar-refractivity contribution >= 4 is 27.0 Å². The van der Waals surface area contributed by atoms with Crippen LogP contribution in [0.1, 0.15) is 4.88 Å². The largest absolute Gasteiger partial charge is 0.497 e. The number of sulfonamides is 1. The van der Waals surface area contributed by atoms with Gasteiger partial charge in [-0.25, -0.2) is 8.42 Å². The van der Waals surface area contributed by atoms with Crippen LogP contribution in [0.5, 0.6) is 5.75 Å². The molecule has 1 N–H and O–H groups in total. The highest BCUT2D eigenvalue weighted by atomic mass is 32.2. The highest BCUT2D eigenvalue weighted by Crippen LogP contribution is 2.29. The van der Waals surface area contributed by atoms with E-state index >= 15 is 0 Å². The number of nitrogens with zero attached hydrogens (tertiary/aromatic N) is 1. The number of hydrogen-bond acceptors (Lipinski definition) is 5. The van der Waals surface area contributed by atoms with Gasteiger partial charge in [-0.1, -0.05) is 6.07 Å². The van der Waals surface area contributed by atoms with Crippen molar-refractivity contribution in [3.05, 3.63) is 41.3 Å². The molecular formula is C14H18N2O3S2. The van der Waals surface area contributed by atoms with E-state index in [1.165, 1.54) is 15.6 Å². The van der Waals surface area contributed by atoms with E-state index in [9.17, 15) is 8.42 Å². The van der Waals surface area contributed by atoms with Crippen LogP contribution in [-0.2, 0) is 16.6 Å². The molecule has 1 heterocycles. The molecule has 0 atom stereocenters. The van der Waals surface area contributed by atoms with Gasteiger partial charge in [-0.15, -0.1) is 11.3 Å².